The molecule has 1 aliphatic heterocycles. The molecule has 9 heteroatoms. The number of aromatic nitrogens is 2. The van der Waals surface area contributed by atoms with E-state index < -0.39 is 10.0 Å². The summed E-state index contributed by atoms with van der Waals surface area (Å²) in [5, 5.41) is 9.11. The van der Waals surface area contributed by atoms with Gasteiger partial charge in [0.25, 0.3) is 0 Å². The van der Waals surface area contributed by atoms with Crippen LogP contribution in [0.5, 0.6) is 0 Å². The van der Waals surface area contributed by atoms with Crippen molar-refractivity contribution in [3.05, 3.63) is 40.1 Å². The first-order valence-electron chi connectivity index (χ1n) is 6.06. The second kappa shape index (κ2) is 5.24. The Morgan fingerprint density at radius 2 is 2.19 bits per heavy atom. The molecule has 3 rings (SSSR count). The van der Waals surface area contributed by atoms with E-state index in [1.165, 1.54) is 6.07 Å². The number of hydrogen-bond donors (Lipinski definition) is 3. The average molecular weight is 371 g/mol. The molecule has 0 spiro atoms. The van der Waals surface area contributed by atoms with Crippen molar-refractivity contribution >= 4 is 37.5 Å². The molecule has 3 N–H and O–H groups in total. The van der Waals surface area contributed by atoms with Gasteiger partial charge in [-0.15, -0.1) is 0 Å². The first-order valence-corrected chi connectivity index (χ1v) is 8.33. The van der Waals surface area contributed by atoms with Crippen molar-refractivity contribution in [2.45, 2.75) is 17.9 Å². The summed E-state index contributed by atoms with van der Waals surface area (Å²) in [6.07, 6.45) is 1.73. The minimum absolute atomic E-state index is 0.109. The summed E-state index contributed by atoms with van der Waals surface area (Å²) in [5.74, 6) is -0.142. The number of H-pyrrole nitrogens is 1. The quantitative estimate of drug-likeness (QED) is 0.750. The van der Waals surface area contributed by atoms with E-state index in [1.54, 1.807) is 18.3 Å². The van der Waals surface area contributed by atoms with E-state index >= 15 is 0 Å². The van der Waals surface area contributed by atoms with Gasteiger partial charge in [-0.05, 0) is 39.7 Å². The molecule has 0 atom stereocenters. The number of hydrogen-bond acceptors (Lipinski definition) is 4. The molecule has 1 aromatic carbocycles. The summed E-state index contributed by atoms with van der Waals surface area (Å²) in [6, 6.07) is 4.79. The van der Waals surface area contributed by atoms with Gasteiger partial charge < -0.3 is 5.32 Å². The predicted molar refractivity (Wildman–Crippen MR) is 79.1 cm³/mol. The zero-order valence-electron chi connectivity index (χ0n) is 10.7. The Labute approximate surface area is 129 Å². The number of nitrogens with one attached hydrogen (secondary N) is 3. The number of anilines is 1. The maximum absolute atomic E-state index is 12.3. The maximum Gasteiger partial charge on any atom is 0.242 e. The second-order valence-corrected chi connectivity index (χ2v) is 7.16. The predicted octanol–water partition coefficient (Wildman–Crippen LogP) is 1.15. The number of carbonyl (C=O) groups excluding carboxylic acids is 1. The minimum Gasteiger partial charge on any atom is -0.325 e. The van der Waals surface area contributed by atoms with Crippen LogP contribution in [0.3, 0.4) is 0 Å². The van der Waals surface area contributed by atoms with E-state index in [2.05, 4.69) is 36.2 Å². The van der Waals surface area contributed by atoms with Crippen molar-refractivity contribution in [3.63, 3.8) is 0 Å². The van der Waals surface area contributed by atoms with Crippen molar-refractivity contribution in [2.75, 3.05) is 5.32 Å². The lowest BCUT2D eigenvalue weighted by Gasteiger charge is -2.09. The van der Waals surface area contributed by atoms with E-state index in [1.807, 2.05) is 0 Å². The van der Waals surface area contributed by atoms with Gasteiger partial charge in [0, 0.05) is 16.4 Å². The van der Waals surface area contributed by atoms with Crippen molar-refractivity contribution in [2.24, 2.45) is 0 Å². The van der Waals surface area contributed by atoms with E-state index in [0.717, 1.165) is 0 Å². The largest absolute Gasteiger partial charge is 0.325 e. The number of amides is 1. The van der Waals surface area contributed by atoms with Gasteiger partial charge in [-0.2, -0.15) is 5.10 Å². The molecular weight excluding hydrogens is 360 g/mol. The van der Waals surface area contributed by atoms with Crippen molar-refractivity contribution in [1.82, 2.24) is 14.9 Å². The van der Waals surface area contributed by atoms with Crippen LogP contribution in [-0.4, -0.2) is 24.5 Å². The molecule has 1 aliphatic rings. The molecule has 2 aromatic rings. The average Bonchev–Trinajstić information content (AvgIpc) is 3.03. The second-order valence-electron chi connectivity index (χ2n) is 4.57. The van der Waals surface area contributed by atoms with Crippen LogP contribution < -0.4 is 10.0 Å². The topological polar surface area (TPSA) is 104 Å². The number of nitrogens with zero attached hydrogens (tertiary/aromatic N) is 1. The zero-order chi connectivity index (χ0) is 15.0. The maximum atomic E-state index is 12.3. The highest BCUT2D eigenvalue weighted by Gasteiger charge is 2.24. The Morgan fingerprint density at radius 1 is 1.38 bits per heavy atom. The summed E-state index contributed by atoms with van der Waals surface area (Å²) < 4.78 is 27.6. The molecule has 110 valence electrons. The van der Waals surface area contributed by atoms with Crippen LogP contribution in [0, 0.1) is 0 Å². The standard InChI is InChI=1S/C12H11BrN4O3S/c13-9-5-10-7(4-12(18)16-10)3-11(9)21(19,20)15-6-8-1-2-14-17-8/h1-3,5,15H,4,6H2,(H,14,17)(H,16,18). The number of carbonyl (C=O) groups is 1. The highest BCUT2D eigenvalue weighted by Crippen LogP contribution is 2.32. The molecule has 2 heterocycles. The molecule has 0 radical (unpaired) electrons. The Balaban J connectivity index is 1.89. The molecule has 1 amide bonds. The van der Waals surface area contributed by atoms with Crippen LogP contribution in [0.1, 0.15) is 11.3 Å². The lowest BCUT2D eigenvalue weighted by atomic mass is 10.2. The Bertz CT molecular complexity index is 802. The van der Waals surface area contributed by atoms with E-state index in [4.69, 9.17) is 0 Å². The number of benzene rings is 1. The van der Waals surface area contributed by atoms with Crippen LogP contribution >= 0.6 is 15.9 Å². The van der Waals surface area contributed by atoms with Crippen LogP contribution in [0.15, 0.2) is 33.8 Å². The lowest BCUT2D eigenvalue weighted by molar-refractivity contribution is -0.115. The number of sulfonamides is 1. The van der Waals surface area contributed by atoms with Gasteiger partial charge in [-0.1, -0.05) is 0 Å². The lowest BCUT2D eigenvalue weighted by Crippen LogP contribution is -2.24. The Morgan fingerprint density at radius 3 is 2.90 bits per heavy atom. The molecule has 7 nitrogen and oxygen atoms in total. The molecule has 0 bridgehead atoms. The fraction of sp³-hybridized carbons (Fsp3) is 0.167. The molecule has 0 saturated carbocycles. The summed E-state index contributed by atoms with van der Waals surface area (Å²) in [6.45, 7) is 0.114. The normalized spacial score (nSPS) is 14.0. The highest BCUT2D eigenvalue weighted by atomic mass is 79.9. The highest BCUT2D eigenvalue weighted by molar-refractivity contribution is 9.10. The third kappa shape index (κ3) is 2.85. The van der Waals surface area contributed by atoms with Gasteiger partial charge in [-0.3, -0.25) is 9.89 Å². The molecule has 0 fully saturated rings. The summed E-state index contributed by atoms with van der Waals surface area (Å²) in [4.78, 5) is 11.5. The van der Waals surface area contributed by atoms with Crippen molar-refractivity contribution in [3.8, 4) is 0 Å². The molecule has 1 aromatic heterocycles. The third-order valence-electron chi connectivity index (χ3n) is 3.08. The SMILES string of the molecule is O=C1Cc2cc(S(=O)(=O)NCc3ccn[nH]3)c(Br)cc2N1. The molecular formula is C12H11BrN4O3S. The molecule has 0 unspecified atom stereocenters. The van der Waals surface area contributed by atoms with E-state index in [-0.39, 0.29) is 23.8 Å². The number of aromatic amines is 1. The summed E-state index contributed by atoms with van der Waals surface area (Å²) >= 11 is 3.23. The van der Waals surface area contributed by atoms with Gasteiger partial charge in [0.15, 0.2) is 0 Å². The monoisotopic (exact) mass is 370 g/mol. The smallest absolute Gasteiger partial charge is 0.242 e. The minimum atomic E-state index is -3.69. The fourth-order valence-electron chi connectivity index (χ4n) is 2.07. The zero-order valence-corrected chi connectivity index (χ0v) is 13.1. The first kappa shape index (κ1) is 14.2. The third-order valence-corrected chi connectivity index (χ3v) is 5.44. The first-order chi connectivity index (χ1) is 9.95. The van der Waals surface area contributed by atoms with E-state index in [0.29, 0.717) is 21.4 Å². The van der Waals surface area contributed by atoms with Gasteiger partial charge in [0.2, 0.25) is 15.9 Å². The van der Waals surface area contributed by atoms with E-state index in [9.17, 15) is 13.2 Å². The van der Waals surface area contributed by atoms with Crippen LogP contribution in [-0.2, 0) is 27.8 Å². The molecule has 21 heavy (non-hydrogen) atoms. The fourth-order valence-corrected chi connectivity index (χ4v) is 4.16. The van der Waals surface area contributed by atoms with Gasteiger partial charge in [0.1, 0.15) is 0 Å². The van der Waals surface area contributed by atoms with Crippen LogP contribution in [0.25, 0.3) is 0 Å². The number of fused-ring (bicyclic) bond motifs is 1. The van der Waals surface area contributed by atoms with Crippen LogP contribution in [0.4, 0.5) is 5.69 Å². The molecule has 0 saturated heterocycles. The van der Waals surface area contributed by atoms with Crippen molar-refractivity contribution in [1.29, 1.82) is 0 Å². The van der Waals surface area contributed by atoms with Gasteiger partial charge in [0.05, 0.1) is 23.6 Å². The Kier molecular flexibility index (Phi) is 3.56. The summed E-state index contributed by atoms with van der Waals surface area (Å²) in [7, 11) is -3.69. The summed E-state index contributed by atoms with van der Waals surface area (Å²) in [5.41, 5.74) is 1.97. The number of rotatable bonds is 4. The number of halogens is 1. The van der Waals surface area contributed by atoms with Crippen LogP contribution in [0.2, 0.25) is 0 Å². The molecule has 0 aliphatic carbocycles. The van der Waals surface area contributed by atoms with Gasteiger partial charge >= 0.3 is 0 Å². The van der Waals surface area contributed by atoms with Crippen molar-refractivity contribution < 1.29 is 13.2 Å². The Hall–Kier alpha value is -1.71. The van der Waals surface area contributed by atoms with Gasteiger partial charge in [-0.25, -0.2) is 13.1 Å².